The molecule has 0 nitrogen and oxygen atoms in total. The summed E-state index contributed by atoms with van der Waals surface area (Å²) in [6, 6.07) is 50.7. The fourth-order valence-electron chi connectivity index (χ4n) is 4.96. The van der Waals surface area contributed by atoms with Gasteiger partial charge in [-0.05, 0) is 43.8 Å². The predicted octanol–water partition coefficient (Wildman–Crippen LogP) is 6.47. The Kier molecular flexibility index (Phi) is 5.10. The minimum atomic E-state index is -1.18. The van der Waals surface area contributed by atoms with Gasteiger partial charge in [-0.15, -0.1) is 0 Å². The number of hydrogen-bond acceptors (Lipinski definition) is 0. The van der Waals surface area contributed by atoms with Crippen LogP contribution in [0.25, 0.3) is 21.9 Å². The number of hydrogen-bond donors (Lipinski definition) is 0. The first kappa shape index (κ1) is 19.7. The van der Waals surface area contributed by atoms with E-state index in [-0.39, 0.29) is 0 Å². The quantitative estimate of drug-likeness (QED) is 0.284. The summed E-state index contributed by atoms with van der Waals surface area (Å²) in [5.74, 6) is 0. The minimum Gasteiger partial charge on any atom is -0.0624 e. The van der Waals surface area contributed by atoms with Gasteiger partial charge in [0.2, 0.25) is 0 Å². The Hall–Kier alpha value is -3.94. The van der Waals surface area contributed by atoms with E-state index in [2.05, 4.69) is 140 Å². The van der Waals surface area contributed by atoms with Crippen molar-refractivity contribution in [3.63, 3.8) is 0 Å². The normalized spacial score (nSPS) is 13.2. The molecule has 0 spiro atoms. The largest absolute Gasteiger partial charge is 0.157 e. The third-order valence-corrected chi connectivity index (χ3v) is 9.26. The van der Waals surface area contributed by atoms with Gasteiger partial charge in [0.15, 0.2) is 8.80 Å². The second-order valence-corrected chi connectivity index (χ2v) is 10.7. The zero-order chi connectivity index (χ0) is 22.0. The topological polar surface area (TPSA) is 0 Å². The highest BCUT2D eigenvalue weighted by molar-refractivity contribution is 7.03. The minimum absolute atomic E-state index is 1.18. The fourth-order valence-corrected chi connectivity index (χ4v) is 8.11. The van der Waals surface area contributed by atoms with E-state index in [1.807, 2.05) is 0 Å². The lowest BCUT2D eigenvalue weighted by atomic mass is 9.89. The van der Waals surface area contributed by atoms with Crippen molar-refractivity contribution in [3.05, 3.63) is 156 Å². The van der Waals surface area contributed by atoms with Crippen LogP contribution in [0.5, 0.6) is 0 Å². The third-order valence-electron chi connectivity index (χ3n) is 6.36. The molecule has 0 atom stereocenters. The Morgan fingerprint density at radius 1 is 0.394 bits per heavy atom. The lowest BCUT2D eigenvalue weighted by Gasteiger charge is -2.16. The Labute approximate surface area is 197 Å². The average molecular weight is 436 g/mol. The zero-order valence-corrected chi connectivity index (χ0v) is 19.3. The van der Waals surface area contributed by atoms with Gasteiger partial charge in [-0.1, -0.05) is 145 Å². The van der Waals surface area contributed by atoms with Gasteiger partial charge < -0.3 is 0 Å². The van der Waals surface area contributed by atoms with Crippen LogP contribution in [0.1, 0.15) is 16.7 Å². The van der Waals surface area contributed by atoms with E-state index < -0.39 is 8.80 Å². The molecule has 33 heavy (non-hydrogen) atoms. The second-order valence-electron chi connectivity index (χ2n) is 8.32. The maximum Gasteiger partial charge on any atom is 0.157 e. The van der Waals surface area contributed by atoms with Gasteiger partial charge >= 0.3 is 0 Å². The first-order valence-electron chi connectivity index (χ1n) is 11.4. The van der Waals surface area contributed by atoms with Crippen LogP contribution in [-0.2, 0) is 0 Å². The van der Waals surface area contributed by atoms with Crippen molar-refractivity contribution >= 4 is 29.9 Å². The number of rotatable bonds is 4. The second kappa shape index (κ2) is 8.53. The molecule has 0 N–H and O–H groups in total. The fraction of sp³-hybridized carbons (Fsp3) is 0. The van der Waals surface area contributed by atoms with Gasteiger partial charge in [0, 0.05) is 0 Å². The highest BCUT2D eigenvalue weighted by Crippen LogP contribution is 2.42. The summed E-state index contributed by atoms with van der Waals surface area (Å²) in [5, 5.41) is 4.39. The van der Waals surface area contributed by atoms with Crippen molar-refractivity contribution in [1.29, 1.82) is 0 Å². The monoisotopic (exact) mass is 435 g/mol. The molecule has 1 heterocycles. The van der Waals surface area contributed by atoms with Crippen molar-refractivity contribution in [3.8, 4) is 11.1 Å². The van der Waals surface area contributed by atoms with Crippen molar-refractivity contribution in [2.75, 3.05) is 0 Å². The molecule has 1 aliphatic rings. The highest BCUT2D eigenvalue weighted by Gasteiger charge is 2.37. The van der Waals surface area contributed by atoms with Gasteiger partial charge in [0.25, 0.3) is 0 Å². The first-order valence-corrected chi connectivity index (χ1v) is 12.9. The molecule has 0 aliphatic carbocycles. The van der Waals surface area contributed by atoms with Gasteiger partial charge in [-0.3, -0.25) is 0 Å². The van der Waals surface area contributed by atoms with Crippen LogP contribution in [0, 0.1) is 0 Å². The summed E-state index contributed by atoms with van der Waals surface area (Å²) in [7, 11) is -1.18. The first-order chi connectivity index (χ1) is 16.4. The molecular weight excluding hydrogens is 412 g/mol. The zero-order valence-electron chi connectivity index (χ0n) is 18.3. The summed E-state index contributed by atoms with van der Waals surface area (Å²) in [6.07, 6.45) is 0. The summed E-state index contributed by atoms with van der Waals surface area (Å²) >= 11 is 0. The van der Waals surface area contributed by atoms with Gasteiger partial charge in [-0.25, -0.2) is 0 Å². The van der Waals surface area contributed by atoms with E-state index >= 15 is 0 Å². The van der Waals surface area contributed by atoms with E-state index in [1.54, 1.807) is 0 Å². The molecule has 0 saturated heterocycles. The van der Waals surface area contributed by atoms with E-state index in [0.717, 1.165) is 0 Å². The molecular formula is C32H23Si. The van der Waals surface area contributed by atoms with Crippen LogP contribution in [0.2, 0.25) is 0 Å². The van der Waals surface area contributed by atoms with E-state index in [4.69, 9.17) is 0 Å². The maximum absolute atomic E-state index is 2.36. The van der Waals surface area contributed by atoms with Crippen molar-refractivity contribution in [1.82, 2.24) is 0 Å². The molecule has 0 bridgehead atoms. The van der Waals surface area contributed by atoms with Crippen LogP contribution in [0.4, 0.5) is 0 Å². The summed E-state index contributed by atoms with van der Waals surface area (Å²) in [6.45, 7) is 0. The molecule has 5 aromatic carbocycles. The molecule has 6 rings (SSSR count). The Morgan fingerprint density at radius 3 is 1.52 bits per heavy atom. The Balaban J connectivity index is 1.74. The molecule has 1 radical (unpaired) electrons. The van der Waals surface area contributed by atoms with Crippen LogP contribution in [0.15, 0.2) is 140 Å². The molecule has 1 heteroatoms. The molecule has 155 valence electrons. The maximum atomic E-state index is 2.36. The summed E-state index contributed by atoms with van der Waals surface area (Å²) in [4.78, 5) is 0. The molecule has 5 aromatic rings. The van der Waals surface area contributed by atoms with E-state index in [1.165, 1.54) is 49.0 Å². The molecule has 0 saturated carbocycles. The number of benzene rings is 5. The van der Waals surface area contributed by atoms with E-state index in [9.17, 15) is 0 Å². The van der Waals surface area contributed by atoms with Gasteiger partial charge in [0.1, 0.15) is 0 Å². The molecule has 0 aromatic heterocycles. The molecule has 1 aliphatic heterocycles. The average Bonchev–Trinajstić information content (AvgIpc) is 3.26. The van der Waals surface area contributed by atoms with E-state index in [0.29, 0.717) is 0 Å². The smallest absolute Gasteiger partial charge is 0.0624 e. The van der Waals surface area contributed by atoms with Gasteiger partial charge in [0.05, 0.1) is 0 Å². The Bertz CT molecular complexity index is 1420. The lowest BCUT2D eigenvalue weighted by molar-refractivity contribution is 1.56. The summed E-state index contributed by atoms with van der Waals surface area (Å²) in [5.41, 5.74) is 7.98. The summed E-state index contributed by atoms with van der Waals surface area (Å²) < 4.78 is 0. The van der Waals surface area contributed by atoms with Crippen LogP contribution in [0.3, 0.4) is 0 Å². The standard InChI is InChI=1S/C32H23Si/c1-5-14-24(15-6-1)28-22-13-23-29-31(28)30(25-16-7-2-8-17-25)32(26-18-9-3-10-19-26)33(29)27-20-11-4-12-21-27/h1-23H. The van der Waals surface area contributed by atoms with Crippen LogP contribution >= 0.6 is 0 Å². The third kappa shape index (κ3) is 3.47. The molecule has 0 amide bonds. The molecule has 0 unspecified atom stereocenters. The van der Waals surface area contributed by atoms with Crippen molar-refractivity contribution < 1.29 is 0 Å². The lowest BCUT2D eigenvalue weighted by Crippen LogP contribution is -2.41. The van der Waals surface area contributed by atoms with Gasteiger partial charge in [-0.2, -0.15) is 0 Å². The number of fused-ring (bicyclic) bond motifs is 1. The van der Waals surface area contributed by atoms with Crippen molar-refractivity contribution in [2.45, 2.75) is 0 Å². The SMILES string of the molecule is c1ccc(C2=C(c3ccccc3)[Si](c3ccccc3)c3cccc(-c4ccccc4)c32)cc1. The molecule has 0 fully saturated rings. The Morgan fingerprint density at radius 2 is 0.909 bits per heavy atom. The van der Waals surface area contributed by atoms with Crippen molar-refractivity contribution in [2.24, 2.45) is 0 Å². The van der Waals surface area contributed by atoms with Crippen LogP contribution < -0.4 is 10.4 Å². The van der Waals surface area contributed by atoms with Crippen LogP contribution in [-0.4, -0.2) is 8.80 Å². The predicted molar refractivity (Wildman–Crippen MR) is 142 cm³/mol. The highest BCUT2D eigenvalue weighted by atomic mass is 28.3.